The van der Waals surface area contributed by atoms with Crippen LogP contribution < -0.4 is 21.9 Å². The van der Waals surface area contributed by atoms with Crippen LogP contribution in [0.5, 0.6) is 0 Å². The maximum atomic E-state index is 6.30. The highest BCUT2D eigenvalue weighted by atomic mass is 79.9. The summed E-state index contributed by atoms with van der Waals surface area (Å²) in [6.07, 6.45) is 10.8. The van der Waals surface area contributed by atoms with Gasteiger partial charge in [-0.2, -0.15) is 0 Å². The van der Waals surface area contributed by atoms with Crippen molar-refractivity contribution in [3.63, 3.8) is 0 Å². The maximum absolute atomic E-state index is 6.30. The van der Waals surface area contributed by atoms with Gasteiger partial charge in [-0.1, -0.05) is 32.0 Å². The van der Waals surface area contributed by atoms with E-state index < -0.39 is 0 Å². The molecule has 1 aromatic carbocycles. The molecule has 0 fully saturated rings. The predicted molar refractivity (Wildman–Crippen MR) is 125 cm³/mol. The summed E-state index contributed by atoms with van der Waals surface area (Å²) in [6, 6.07) is 3.92. The Morgan fingerprint density at radius 1 is 1.45 bits per heavy atom. The molecule has 8 heteroatoms. The van der Waals surface area contributed by atoms with Crippen molar-refractivity contribution in [3.05, 3.63) is 28.8 Å². The first-order valence-electron chi connectivity index (χ1n) is 9.56. The second-order valence-corrected chi connectivity index (χ2v) is 9.03. The first-order valence-corrected chi connectivity index (χ1v) is 10.4. The molecule has 1 atom stereocenters. The molecule has 0 amide bonds. The Hall–Kier alpha value is -2.21. The van der Waals surface area contributed by atoms with Gasteiger partial charge < -0.3 is 16.1 Å². The summed E-state index contributed by atoms with van der Waals surface area (Å²) in [5.41, 5.74) is 9.56. The molecular formula is C21H31BrN6O. The number of hydroxylamine groups is 2. The van der Waals surface area contributed by atoms with Gasteiger partial charge in [0.25, 0.3) is 0 Å². The monoisotopic (exact) mass is 462 g/mol. The summed E-state index contributed by atoms with van der Waals surface area (Å²) < 4.78 is 0.813. The van der Waals surface area contributed by atoms with Gasteiger partial charge in [-0.05, 0) is 46.0 Å². The standard InChI is InChI=1S/C21H31BrN6O/c1-6-9-17-15(26-29-27(17)5)10-7-8-13-25-16-11-12-18(20(23)19(16)22)28(24)14-21(2,3)4/h1,7,10-12,17,25H,8-9,13-14,23-24H2,2-5H3/b10-7-. The third kappa shape index (κ3) is 6.39. The van der Waals surface area contributed by atoms with Gasteiger partial charge in [0, 0.05) is 26.6 Å². The van der Waals surface area contributed by atoms with Gasteiger partial charge in [-0.3, -0.25) is 4.94 Å². The van der Waals surface area contributed by atoms with Crippen molar-refractivity contribution < 1.29 is 4.94 Å². The maximum Gasteiger partial charge on any atom is 0.104 e. The van der Waals surface area contributed by atoms with Crippen LogP contribution in [-0.2, 0) is 4.94 Å². The number of anilines is 3. The molecule has 0 aromatic heterocycles. The van der Waals surface area contributed by atoms with Crippen LogP contribution in [0.4, 0.5) is 17.1 Å². The minimum absolute atomic E-state index is 0.00185. The first kappa shape index (κ1) is 23.1. The van der Waals surface area contributed by atoms with Crippen molar-refractivity contribution >= 4 is 38.7 Å². The van der Waals surface area contributed by atoms with Crippen LogP contribution >= 0.6 is 15.9 Å². The summed E-state index contributed by atoms with van der Waals surface area (Å²) in [5, 5.41) is 10.8. The van der Waals surface area contributed by atoms with Gasteiger partial charge in [-0.15, -0.1) is 17.4 Å². The van der Waals surface area contributed by atoms with E-state index in [1.807, 2.05) is 25.3 Å². The number of hydrazine groups is 1. The molecule has 1 aromatic rings. The highest BCUT2D eigenvalue weighted by Crippen LogP contribution is 2.36. The van der Waals surface area contributed by atoms with E-state index in [2.05, 4.69) is 59.2 Å². The number of hydrogen-bond acceptors (Lipinski definition) is 7. The summed E-state index contributed by atoms with van der Waals surface area (Å²) in [5.74, 6) is 8.86. The van der Waals surface area contributed by atoms with Gasteiger partial charge in [-0.25, -0.2) is 5.84 Å². The van der Waals surface area contributed by atoms with E-state index in [-0.39, 0.29) is 11.5 Å². The van der Waals surface area contributed by atoms with Crippen LogP contribution in [0.3, 0.4) is 0 Å². The summed E-state index contributed by atoms with van der Waals surface area (Å²) in [4.78, 5) is 5.17. The highest BCUT2D eigenvalue weighted by molar-refractivity contribution is 9.10. The minimum atomic E-state index is -0.00185. The van der Waals surface area contributed by atoms with Crippen molar-refractivity contribution in [2.75, 3.05) is 36.2 Å². The van der Waals surface area contributed by atoms with Gasteiger partial charge in [0.05, 0.1) is 21.5 Å². The first-order chi connectivity index (χ1) is 13.6. The molecule has 5 N–H and O–H groups in total. The number of oxime groups is 1. The Kier molecular flexibility index (Phi) is 7.96. The van der Waals surface area contributed by atoms with E-state index in [9.17, 15) is 0 Å². The number of nitrogens with two attached hydrogens (primary N) is 2. The number of benzene rings is 1. The molecule has 1 heterocycles. The van der Waals surface area contributed by atoms with Crippen molar-refractivity contribution in [1.29, 1.82) is 0 Å². The van der Waals surface area contributed by atoms with E-state index in [1.54, 1.807) is 10.1 Å². The molecule has 1 aliphatic heterocycles. The third-order valence-corrected chi connectivity index (χ3v) is 5.25. The molecule has 0 radical (unpaired) electrons. The van der Waals surface area contributed by atoms with Crippen LogP contribution in [0, 0.1) is 17.8 Å². The molecule has 7 nitrogen and oxygen atoms in total. The Morgan fingerprint density at radius 2 is 2.17 bits per heavy atom. The minimum Gasteiger partial charge on any atom is -0.396 e. The number of halogens is 1. The summed E-state index contributed by atoms with van der Waals surface area (Å²) in [7, 11) is 1.82. The number of nitrogens with zero attached hydrogens (tertiary/aromatic N) is 3. The molecule has 0 spiro atoms. The lowest BCUT2D eigenvalue weighted by Crippen LogP contribution is -2.38. The van der Waals surface area contributed by atoms with Crippen molar-refractivity contribution in [1.82, 2.24) is 5.06 Å². The quantitative estimate of drug-likeness (QED) is 0.179. The predicted octanol–water partition coefficient (Wildman–Crippen LogP) is 3.74. The van der Waals surface area contributed by atoms with Crippen LogP contribution in [-0.4, -0.2) is 37.0 Å². The fourth-order valence-electron chi connectivity index (χ4n) is 2.96. The lowest BCUT2D eigenvalue weighted by Gasteiger charge is -2.29. The molecule has 0 saturated carbocycles. The largest absolute Gasteiger partial charge is 0.396 e. The number of nitrogen functional groups attached to an aromatic ring is 1. The Morgan fingerprint density at radius 3 is 2.83 bits per heavy atom. The van der Waals surface area contributed by atoms with Crippen LogP contribution in [0.2, 0.25) is 0 Å². The highest BCUT2D eigenvalue weighted by Gasteiger charge is 2.26. The molecule has 29 heavy (non-hydrogen) atoms. The second kappa shape index (κ2) is 10.0. The van der Waals surface area contributed by atoms with E-state index in [0.29, 0.717) is 18.7 Å². The van der Waals surface area contributed by atoms with E-state index in [4.69, 9.17) is 22.9 Å². The number of terminal acetylenes is 1. The van der Waals surface area contributed by atoms with Crippen LogP contribution in [0.25, 0.3) is 0 Å². The zero-order valence-electron chi connectivity index (χ0n) is 17.6. The Balaban J connectivity index is 1.91. The average molecular weight is 463 g/mol. The average Bonchev–Trinajstić information content (AvgIpc) is 2.97. The van der Waals surface area contributed by atoms with Gasteiger partial charge >= 0.3 is 0 Å². The smallest absolute Gasteiger partial charge is 0.104 e. The topological polar surface area (TPSA) is 92.1 Å². The zero-order chi connectivity index (χ0) is 21.6. The van der Waals surface area contributed by atoms with E-state index >= 15 is 0 Å². The van der Waals surface area contributed by atoms with E-state index in [0.717, 1.165) is 34.5 Å². The molecule has 2 rings (SSSR count). The fraction of sp³-hybridized carbons (Fsp3) is 0.476. The van der Waals surface area contributed by atoms with Crippen LogP contribution in [0.15, 0.2) is 33.9 Å². The Bertz CT molecular complexity index is 809. The number of nitrogens with one attached hydrogen (secondary N) is 1. The molecule has 158 valence electrons. The van der Waals surface area contributed by atoms with Crippen LogP contribution in [0.1, 0.15) is 33.6 Å². The van der Waals surface area contributed by atoms with E-state index in [1.165, 1.54) is 0 Å². The number of hydrogen-bond donors (Lipinski definition) is 3. The second-order valence-electron chi connectivity index (χ2n) is 8.23. The lowest BCUT2D eigenvalue weighted by molar-refractivity contribution is -0.130. The Labute approximate surface area is 182 Å². The van der Waals surface area contributed by atoms with Crippen molar-refractivity contribution in [3.8, 4) is 12.3 Å². The fourth-order valence-corrected chi connectivity index (χ4v) is 3.44. The van der Waals surface area contributed by atoms with Gasteiger partial charge in [0.1, 0.15) is 11.8 Å². The summed E-state index contributed by atoms with van der Waals surface area (Å²) >= 11 is 3.59. The molecule has 1 aliphatic rings. The van der Waals surface area contributed by atoms with Crippen molar-refractivity contribution in [2.24, 2.45) is 16.4 Å². The third-order valence-electron chi connectivity index (χ3n) is 4.39. The molecule has 1 unspecified atom stereocenters. The van der Waals surface area contributed by atoms with Gasteiger partial charge in [0.15, 0.2) is 0 Å². The zero-order valence-corrected chi connectivity index (χ0v) is 19.2. The SMILES string of the molecule is C#CCC1C(/C=C\CCNc2ccc(N(N)CC(C)(C)C)c(N)c2Br)=NON1C. The number of rotatable bonds is 8. The van der Waals surface area contributed by atoms with Gasteiger partial charge in [0.2, 0.25) is 0 Å². The van der Waals surface area contributed by atoms with Crippen molar-refractivity contribution in [2.45, 2.75) is 39.7 Å². The summed E-state index contributed by atoms with van der Waals surface area (Å²) in [6.45, 7) is 7.85. The molecular weight excluding hydrogens is 432 g/mol. The molecule has 0 bridgehead atoms. The molecule has 0 aliphatic carbocycles. The molecule has 0 saturated heterocycles. The normalized spacial score (nSPS) is 17.1. The lowest BCUT2D eigenvalue weighted by atomic mass is 9.96.